The van der Waals surface area contributed by atoms with Gasteiger partial charge in [-0.2, -0.15) is 4.73 Å². The van der Waals surface area contributed by atoms with Crippen molar-refractivity contribution >= 4 is 16.9 Å². The second-order valence-electron chi connectivity index (χ2n) is 5.43. The topological polar surface area (TPSA) is 88.1 Å². The lowest BCUT2D eigenvalue weighted by molar-refractivity contribution is -0.603. The molecule has 0 saturated heterocycles. The lowest BCUT2D eigenvalue weighted by Crippen LogP contribution is -2.30. The normalized spacial score (nSPS) is 11.6. The van der Waals surface area contributed by atoms with Crippen molar-refractivity contribution in [2.45, 2.75) is 27.5 Å². The van der Waals surface area contributed by atoms with Crippen molar-refractivity contribution in [1.82, 2.24) is 9.55 Å². The standard InChI is InChI=1S/C13H15N3O4/c1-13(2,3)12(18)20-8-15-7-14-10-4-5-16(19)6-9(10)11(15)17/h4-7H,8H2,1-3H3. The van der Waals surface area contributed by atoms with E-state index >= 15 is 0 Å². The van der Waals surface area contributed by atoms with Gasteiger partial charge in [0.1, 0.15) is 11.7 Å². The maximum Gasteiger partial charge on any atom is 0.312 e. The largest absolute Gasteiger partial charge is 0.619 e. The lowest BCUT2D eigenvalue weighted by atomic mass is 9.98. The molecule has 20 heavy (non-hydrogen) atoms. The Kier molecular flexibility index (Phi) is 3.44. The summed E-state index contributed by atoms with van der Waals surface area (Å²) >= 11 is 0. The van der Waals surface area contributed by atoms with Crippen LogP contribution in [0.3, 0.4) is 0 Å². The quantitative estimate of drug-likeness (QED) is 0.455. The first-order valence-corrected chi connectivity index (χ1v) is 6.04. The zero-order valence-electron chi connectivity index (χ0n) is 11.5. The van der Waals surface area contributed by atoms with Gasteiger partial charge < -0.3 is 9.94 Å². The molecule has 0 spiro atoms. The minimum Gasteiger partial charge on any atom is -0.619 e. The number of carbonyl (C=O) groups excluding carboxylic acids is 1. The minimum atomic E-state index is -0.647. The van der Waals surface area contributed by atoms with Crippen molar-refractivity contribution in [2.75, 3.05) is 0 Å². The molecule has 0 aliphatic heterocycles. The zero-order valence-corrected chi connectivity index (χ0v) is 11.5. The number of carbonyl (C=O) groups is 1. The van der Waals surface area contributed by atoms with Crippen LogP contribution in [0.5, 0.6) is 0 Å². The number of hydrogen-bond acceptors (Lipinski definition) is 5. The Morgan fingerprint density at radius 3 is 2.85 bits per heavy atom. The van der Waals surface area contributed by atoms with Gasteiger partial charge in [0.15, 0.2) is 19.1 Å². The molecule has 2 aromatic rings. The molecule has 0 fully saturated rings. The van der Waals surface area contributed by atoms with Crippen LogP contribution in [0.2, 0.25) is 0 Å². The van der Waals surface area contributed by atoms with Crippen LogP contribution >= 0.6 is 0 Å². The second kappa shape index (κ2) is 4.92. The molecule has 0 N–H and O–H groups in total. The Hall–Kier alpha value is -2.44. The number of nitrogens with zero attached hydrogens (tertiary/aromatic N) is 3. The van der Waals surface area contributed by atoms with Gasteiger partial charge >= 0.3 is 5.97 Å². The highest BCUT2D eigenvalue weighted by atomic mass is 16.5. The number of pyridine rings is 1. The van der Waals surface area contributed by atoms with Crippen LogP contribution in [0, 0.1) is 10.6 Å². The van der Waals surface area contributed by atoms with Crippen molar-refractivity contribution in [3.8, 4) is 0 Å². The van der Waals surface area contributed by atoms with Crippen LogP contribution in [0.25, 0.3) is 10.9 Å². The lowest BCUT2D eigenvalue weighted by Gasteiger charge is -2.16. The summed E-state index contributed by atoms with van der Waals surface area (Å²) in [6.45, 7) is 4.93. The molecule has 7 nitrogen and oxygen atoms in total. The predicted octanol–water partition coefficient (Wildman–Crippen LogP) is 0.577. The third-order valence-electron chi connectivity index (χ3n) is 2.69. The number of ether oxygens (including phenoxy) is 1. The zero-order chi connectivity index (χ0) is 14.9. The van der Waals surface area contributed by atoms with Gasteiger partial charge in [-0.05, 0) is 20.8 Å². The van der Waals surface area contributed by atoms with E-state index in [1.165, 1.54) is 18.6 Å². The highest BCUT2D eigenvalue weighted by Gasteiger charge is 2.23. The summed E-state index contributed by atoms with van der Waals surface area (Å²) in [5.74, 6) is -0.420. The van der Waals surface area contributed by atoms with Crippen LogP contribution in [-0.2, 0) is 16.3 Å². The van der Waals surface area contributed by atoms with E-state index in [1.807, 2.05) is 0 Å². The van der Waals surface area contributed by atoms with Crippen LogP contribution < -0.4 is 10.3 Å². The predicted molar refractivity (Wildman–Crippen MR) is 70.5 cm³/mol. The summed E-state index contributed by atoms with van der Waals surface area (Å²) in [6.07, 6.45) is 3.70. The number of rotatable bonds is 2. The molecule has 7 heteroatoms. The molecule has 0 amide bonds. The molecule has 0 aliphatic carbocycles. The summed E-state index contributed by atoms with van der Waals surface area (Å²) in [6, 6.07) is 1.45. The van der Waals surface area contributed by atoms with Gasteiger partial charge in [-0.1, -0.05) is 0 Å². The summed E-state index contributed by atoms with van der Waals surface area (Å²) in [5, 5.41) is 11.4. The molecule has 0 aromatic carbocycles. The summed E-state index contributed by atoms with van der Waals surface area (Å²) in [4.78, 5) is 27.8. The average Bonchev–Trinajstić information content (AvgIpc) is 2.37. The van der Waals surface area contributed by atoms with E-state index in [0.717, 1.165) is 10.8 Å². The maximum atomic E-state index is 12.1. The van der Waals surface area contributed by atoms with Gasteiger partial charge in [0.2, 0.25) is 0 Å². The second-order valence-corrected chi connectivity index (χ2v) is 5.43. The van der Waals surface area contributed by atoms with E-state index in [-0.39, 0.29) is 12.1 Å². The molecule has 106 valence electrons. The Bertz CT molecular complexity index is 716. The van der Waals surface area contributed by atoms with E-state index < -0.39 is 16.9 Å². The molecule has 0 atom stereocenters. The Morgan fingerprint density at radius 1 is 1.50 bits per heavy atom. The fourth-order valence-corrected chi connectivity index (χ4v) is 1.52. The van der Waals surface area contributed by atoms with Gasteiger partial charge in [0.25, 0.3) is 5.56 Å². The van der Waals surface area contributed by atoms with Crippen molar-refractivity contribution in [3.63, 3.8) is 0 Å². The molecule has 0 aliphatic rings. The van der Waals surface area contributed by atoms with E-state index in [2.05, 4.69) is 4.98 Å². The molecule has 0 unspecified atom stereocenters. The van der Waals surface area contributed by atoms with Gasteiger partial charge in [0, 0.05) is 6.07 Å². The third kappa shape index (κ3) is 2.76. The van der Waals surface area contributed by atoms with Crippen molar-refractivity contribution in [3.05, 3.63) is 40.3 Å². The smallest absolute Gasteiger partial charge is 0.312 e. The summed E-state index contributed by atoms with van der Waals surface area (Å²) < 4.78 is 6.72. The summed E-state index contributed by atoms with van der Waals surface area (Å²) in [5.41, 5.74) is -0.659. The van der Waals surface area contributed by atoms with Crippen LogP contribution in [0.4, 0.5) is 0 Å². The average molecular weight is 277 g/mol. The summed E-state index contributed by atoms with van der Waals surface area (Å²) in [7, 11) is 0. The minimum absolute atomic E-state index is 0.178. The van der Waals surface area contributed by atoms with Crippen LogP contribution in [0.15, 0.2) is 29.6 Å². The van der Waals surface area contributed by atoms with E-state index in [1.54, 1.807) is 20.8 Å². The first kappa shape index (κ1) is 14.0. The maximum absolute atomic E-state index is 12.1. The van der Waals surface area contributed by atoms with E-state index in [9.17, 15) is 14.8 Å². The molecular formula is C13H15N3O4. The van der Waals surface area contributed by atoms with Crippen LogP contribution in [0.1, 0.15) is 20.8 Å². The third-order valence-corrected chi connectivity index (χ3v) is 2.69. The molecule has 0 radical (unpaired) electrons. The first-order valence-electron chi connectivity index (χ1n) is 6.04. The molecule has 0 saturated carbocycles. The number of aromatic nitrogens is 3. The SMILES string of the molecule is CC(C)(C)C(=O)OCn1cnc2cc[n+]([O-])cc2c1=O. The van der Waals surface area contributed by atoms with Crippen molar-refractivity contribution in [1.29, 1.82) is 0 Å². The van der Waals surface area contributed by atoms with Crippen molar-refractivity contribution in [2.24, 2.45) is 5.41 Å². The molecule has 2 aromatic heterocycles. The van der Waals surface area contributed by atoms with Crippen molar-refractivity contribution < 1.29 is 14.3 Å². The van der Waals surface area contributed by atoms with Gasteiger partial charge in [-0.25, -0.2) is 4.98 Å². The first-order chi connectivity index (χ1) is 9.29. The van der Waals surface area contributed by atoms with E-state index in [4.69, 9.17) is 4.74 Å². The fraction of sp³-hybridized carbons (Fsp3) is 0.385. The Labute approximate surface area is 115 Å². The van der Waals surface area contributed by atoms with Gasteiger partial charge in [-0.3, -0.25) is 14.2 Å². The van der Waals surface area contributed by atoms with E-state index in [0.29, 0.717) is 10.2 Å². The molecular weight excluding hydrogens is 262 g/mol. The van der Waals surface area contributed by atoms with Crippen LogP contribution in [-0.4, -0.2) is 15.5 Å². The number of fused-ring (bicyclic) bond motifs is 1. The molecule has 2 heterocycles. The van der Waals surface area contributed by atoms with Gasteiger partial charge in [-0.15, -0.1) is 0 Å². The Morgan fingerprint density at radius 2 is 2.20 bits per heavy atom. The number of hydrogen-bond donors (Lipinski definition) is 0. The molecule has 2 rings (SSSR count). The monoisotopic (exact) mass is 277 g/mol. The van der Waals surface area contributed by atoms with Gasteiger partial charge in [0.05, 0.1) is 10.9 Å². The number of esters is 1. The highest BCUT2D eigenvalue weighted by Crippen LogP contribution is 2.15. The molecule has 0 bridgehead atoms. The Balaban J connectivity index is 2.30. The highest BCUT2D eigenvalue weighted by molar-refractivity contribution is 5.76. The fourth-order valence-electron chi connectivity index (χ4n) is 1.52.